The Morgan fingerprint density at radius 2 is 1.38 bits per heavy atom. The average molecular weight is 546 g/mol. The summed E-state index contributed by atoms with van der Waals surface area (Å²) in [6.45, 7) is 0.886. The summed E-state index contributed by atoms with van der Waals surface area (Å²) in [6, 6.07) is 16.2. The van der Waals surface area contributed by atoms with E-state index < -0.39 is 26.0 Å². The monoisotopic (exact) mass is 545 g/mol. The highest BCUT2D eigenvalue weighted by Gasteiger charge is 2.28. The van der Waals surface area contributed by atoms with Gasteiger partial charge < -0.3 is 14.8 Å². The summed E-state index contributed by atoms with van der Waals surface area (Å²) in [5.74, 6) is 0.210. The van der Waals surface area contributed by atoms with Gasteiger partial charge in [-0.1, -0.05) is 0 Å². The van der Waals surface area contributed by atoms with Crippen LogP contribution in [0.15, 0.2) is 76.5 Å². The molecule has 1 saturated heterocycles. The molecule has 1 aliphatic rings. The number of benzene rings is 3. The molecule has 0 radical (unpaired) electrons. The molecule has 0 atom stereocenters. The van der Waals surface area contributed by atoms with Crippen molar-refractivity contribution in [3.63, 3.8) is 0 Å². The molecule has 2 N–H and O–H groups in total. The number of sulfonamides is 2. The molecule has 0 saturated carbocycles. The number of hydrogen-bond donors (Lipinski definition) is 2. The molecule has 0 aromatic heterocycles. The molecule has 1 amide bonds. The molecule has 12 heteroatoms. The van der Waals surface area contributed by atoms with Gasteiger partial charge in [0.05, 0.1) is 29.6 Å². The minimum absolute atomic E-state index is 0.00222. The van der Waals surface area contributed by atoms with Gasteiger partial charge in [0.2, 0.25) is 10.0 Å². The van der Waals surface area contributed by atoms with Crippen LogP contribution in [0.2, 0.25) is 0 Å². The number of rotatable bonds is 9. The van der Waals surface area contributed by atoms with Crippen LogP contribution in [0.25, 0.3) is 0 Å². The zero-order valence-electron chi connectivity index (χ0n) is 20.3. The lowest BCUT2D eigenvalue weighted by molar-refractivity contribution is 0.102. The van der Waals surface area contributed by atoms with Gasteiger partial charge in [-0.15, -0.1) is 0 Å². The van der Waals surface area contributed by atoms with E-state index in [1.165, 1.54) is 61.0 Å². The van der Waals surface area contributed by atoms with Gasteiger partial charge in [-0.05, 0) is 79.6 Å². The first-order valence-electron chi connectivity index (χ1n) is 11.4. The normalized spacial score (nSPS) is 14.2. The Balaban J connectivity index is 1.51. The predicted molar refractivity (Wildman–Crippen MR) is 139 cm³/mol. The van der Waals surface area contributed by atoms with Crippen molar-refractivity contribution in [1.29, 1.82) is 0 Å². The van der Waals surface area contributed by atoms with Crippen molar-refractivity contribution in [3.8, 4) is 11.5 Å². The Morgan fingerprint density at radius 3 is 1.97 bits per heavy atom. The van der Waals surface area contributed by atoms with Crippen molar-refractivity contribution >= 4 is 37.3 Å². The maximum Gasteiger partial charge on any atom is 0.261 e. The van der Waals surface area contributed by atoms with Gasteiger partial charge >= 0.3 is 0 Å². The third kappa shape index (κ3) is 5.87. The number of carbonyl (C=O) groups is 1. The molecular formula is C25H27N3O7S2. The van der Waals surface area contributed by atoms with E-state index in [2.05, 4.69) is 10.0 Å². The summed E-state index contributed by atoms with van der Waals surface area (Å²) in [4.78, 5) is 13.0. The van der Waals surface area contributed by atoms with E-state index in [4.69, 9.17) is 9.47 Å². The summed E-state index contributed by atoms with van der Waals surface area (Å²) in [5, 5.41) is 2.67. The van der Waals surface area contributed by atoms with Gasteiger partial charge in [0.15, 0.2) is 0 Å². The molecule has 1 aliphatic heterocycles. The Hall–Kier alpha value is -3.61. The van der Waals surface area contributed by atoms with Crippen LogP contribution in [0.4, 0.5) is 11.4 Å². The van der Waals surface area contributed by atoms with Crippen molar-refractivity contribution in [2.24, 2.45) is 0 Å². The first kappa shape index (κ1) is 26.5. The quantitative estimate of drug-likeness (QED) is 0.420. The second kappa shape index (κ2) is 10.8. The van der Waals surface area contributed by atoms with Crippen molar-refractivity contribution < 1.29 is 31.1 Å². The largest absolute Gasteiger partial charge is 0.497 e. The Bertz CT molecular complexity index is 1480. The third-order valence-corrected chi connectivity index (χ3v) is 9.17. The molecule has 1 fully saturated rings. The summed E-state index contributed by atoms with van der Waals surface area (Å²) in [7, 11) is -4.69. The van der Waals surface area contributed by atoms with Crippen LogP contribution in [0.5, 0.6) is 11.5 Å². The lowest BCUT2D eigenvalue weighted by atomic mass is 10.2. The maximum atomic E-state index is 13.0. The van der Waals surface area contributed by atoms with E-state index >= 15 is 0 Å². The fraction of sp³-hybridized carbons (Fsp3) is 0.240. The number of methoxy groups -OCH3 is 2. The van der Waals surface area contributed by atoms with Gasteiger partial charge in [-0.2, -0.15) is 4.31 Å². The lowest BCUT2D eigenvalue weighted by Crippen LogP contribution is -2.28. The van der Waals surface area contributed by atoms with Crippen molar-refractivity contribution in [1.82, 2.24) is 4.31 Å². The molecule has 0 bridgehead atoms. The number of anilines is 2. The first-order chi connectivity index (χ1) is 17.6. The van der Waals surface area contributed by atoms with Gasteiger partial charge in [0, 0.05) is 24.5 Å². The highest BCUT2D eigenvalue weighted by molar-refractivity contribution is 7.92. The molecular weight excluding hydrogens is 518 g/mol. The molecule has 196 valence electrons. The fourth-order valence-electron chi connectivity index (χ4n) is 3.89. The number of amides is 1. The molecule has 10 nitrogen and oxygen atoms in total. The zero-order valence-corrected chi connectivity index (χ0v) is 21.9. The smallest absolute Gasteiger partial charge is 0.261 e. The summed E-state index contributed by atoms with van der Waals surface area (Å²) < 4.78 is 65.6. The van der Waals surface area contributed by atoms with Crippen LogP contribution in [-0.4, -0.2) is 54.4 Å². The fourth-order valence-corrected chi connectivity index (χ4v) is 6.49. The van der Waals surface area contributed by atoms with Gasteiger partial charge in [-0.25, -0.2) is 16.8 Å². The summed E-state index contributed by atoms with van der Waals surface area (Å²) in [6.07, 6.45) is 1.59. The van der Waals surface area contributed by atoms with Crippen LogP contribution in [0, 0.1) is 0 Å². The van der Waals surface area contributed by atoms with Gasteiger partial charge in [0.1, 0.15) is 11.5 Å². The minimum Gasteiger partial charge on any atom is -0.497 e. The van der Waals surface area contributed by atoms with Crippen molar-refractivity contribution in [3.05, 3.63) is 72.3 Å². The van der Waals surface area contributed by atoms with E-state index in [-0.39, 0.29) is 21.1 Å². The topological polar surface area (TPSA) is 131 Å². The van der Waals surface area contributed by atoms with E-state index in [1.807, 2.05) is 0 Å². The SMILES string of the molecule is COc1ccc(NS(=O)(=O)c2ccc(NC(=O)c3cc(S(=O)(=O)N4CCCC4)ccc3OC)cc2)cc1. The Morgan fingerprint density at radius 1 is 0.784 bits per heavy atom. The zero-order chi connectivity index (χ0) is 26.6. The van der Waals surface area contributed by atoms with Crippen molar-refractivity contribution in [2.45, 2.75) is 22.6 Å². The first-order valence-corrected chi connectivity index (χ1v) is 14.3. The standard InChI is InChI=1S/C25H27N3O7S2/c1-34-20-9-5-19(6-10-20)27-36(30,31)21-11-7-18(8-12-21)26-25(29)23-17-22(13-14-24(23)35-2)37(32,33)28-15-3-4-16-28/h5-14,17,27H,3-4,15-16H2,1-2H3,(H,26,29). The van der Waals surface area contributed by atoms with Crippen LogP contribution in [0.3, 0.4) is 0 Å². The molecule has 4 rings (SSSR count). The second-order valence-electron chi connectivity index (χ2n) is 8.29. The molecule has 3 aromatic carbocycles. The number of hydrogen-bond acceptors (Lipinski definition) is 7. The number of carbonyl (C=O) groups excluding carboxylic acids is 1. The highest BCUT2D eigenvalue weighted by Crippen LogP contribution is 2.28. The molecule has 3 aromatic rings. The molecule has 0 unspecified atom stereocenters. The Labute approximate surface area is 216 Å². The van der Waals surface area contributed by atoms with E-state index in [1.54, 1.807) is 24.3 Å². The van der Waals surface area contributed by atoms with Gasteiger partial charge in [0.25, 0.3) is 15.9 Å². The lowest BCUT2D eigenvalue weighted by Gasteiger charge is -2.17. The van der Waals surface area contributed by atoms with Crippen molar-refractivity contribution in [2.75, 3.05) is 37.3 Å². The van der Waals surface area contributed by atoms with E-state index in [9.17, 15) is 21.6 Å². The maximum absolute atomic E-state index is 13.0. The van der Waals surface area contributed by atoms with Crippen LogP contribution in [-0.2, 0) is 20.0 Å². The number of nitrogens with one attached hydrogen (secondary N) is 2. The minimum atomic E-state index is -3.87. The highest BCUT2D eigenvalue weighted by atomic mass is 32.2. The third-order valence-electron chi connectivity index (χ3n) is 5.88. The Kier molecular flexibility index (Phi) is 7.71. The molecule has 1 heterocycles. The molecule has 0 aliphatic carbocycles. The van der Waals surface area contributed by atoms with Crippen LogP contribution < -0.4 is 19.5 Å². The summed E-state index contributed by atoms with van der Waals surface area (Å²) in [5.41, 5.74) is 0.734. The van der Waals surface area contributed by atoms with Crippen LogP contribution in [0.1, 0.15) is 23.2 Å². The van der Waals surface area contributed by atoms with E-state index in [0.717, 1.165) is 12.8 Å². The van der Waals surface area contributed by atoms with Gasteiger partial charge in [-0.3, -0.25) is 9.52 Å². The number of nitrogens with zero attached hydrogens (tertiary/aromatic N) is 1. The van der Waals surface area contributed by atoms with Crippen LogP contribution >= 0.6 is 0 Å². The van der Waals surface area contributed by atoms with E-state index in [0.29, 0.717) is 30.2 Å². The molecule has 37 heavy (non-hydrogen) atoms. The number of ether oxygens (including phenoxy) is 2. The average Bonchev–Trinajstić information content (AvgIpc) is 3.45. The summed E-state index contributed by atoms with van der Waals surface area (Å²) >= 11 is 0. The second-order valence-corrected chi connectivity index (χ2v) is 11.9. The predicted octanol–water partition coefficient (Wildman–Crippen LogP) is 3.54. The molecule has 0 spiro atoms.